The van der Waals surface area contributed by atoms with E-state index in [-0.39, 0.29) is 5.56 Å². The zero-order valence-electron chi connectivity index (χ0n) is 11.1. The second-order valence-corrected chi connectivity index (χ2v) is 4.88. The number of hydrogen-bond acceptors (Lipinski definition) is 4. The van der Waals surface area contributed by atoms with Crippen LogP contribution in [0.2, 0.25) is 5.02 Å². The van der Waals surface area contributed by atoms with E-state index in [1.54, 1.807) is 42.5 Å². The van der Waals surface area contributed by atoms with Gasteiger partial charge in [0.25, 0.3) is 5.56 Å². The van der Waals surface area contributed by atoms with Crippen molar-refractivity contribution in [2.45, 2.75) is 6.54 Å². The molecule has 3 rings (SSSR count). The zero-order chi connectivity index (χ0) is 14.7. The van der Waals surface area contributed by atoms with E-state index in [1.807, 2.05) is 6.07 Å². The van der Waals surface area contributed by atoms with E-state index in [0.29, 0.717) is 34.8 Å². The Kier molecular flexibility index (Phi) is 3.83. The summed E-state index contributed by atoms with van der Waals surface area (Å²) in [4.78, 5) is 12.2. The molecule has 0 saturated carbocycles. The molecule has 0 aliphatic carbocycles. The summed E-state index contributed by atoms with van der Waals surface area (Å²) < 4.78 is 6.84. The van der Waals surface area contributed by atoms with Crippen LogP contribution in [0.1, 0.15) is 0 Å². The van der Waals surface area contributed by atoms with Crippen molar-refractivity contribution >= 4 is 22.5 Å². The summed E-state index contributed by atoms with van der Waals surface area (Å²) in [6.45, 7) is 0.635. The number of nitrogens with zero attached hydrogens (tertiary/aromatic N) is 3. The van der Waals surface area contributed by atoms with Crippen molar-refractivity contribution in [1.82, 2.24) is 15.0 Å². The van der Waals surface area contributed by atoms with Crippen molar-refractivity contribution in [2.75, 3.05) is 6.61 Å². The Hall–Kier alpha value is -2.40. The molecule has 0 aliphatic rings. The van der Waals surface area contributed by atoms with Crippen LogP contribution in [0.4, 0.5) is 0 Å². The predicted octanol–water partition coefficient (Wildman–Crippen LogP) is 2.52. The molecule has 106 valence electrons. The van der Waals surface area contributed by atoms with Crippen molar-refractivity contribution in [3.63, 3.8) is 0 Å². The second-order valence-electron chi connectivity index (χ2n) is 4.44. The van der Waals surface area contributed by atoms with Crippen molar-refractivity contribution < 1.29 is 4.74 Å². The summed E-state index contributed by atoms with van der Waals surface area (Å²) in [6.07, 6.45) is 0. The highest BCUT2D eigenvalue weighted by molar-refractivity contribution is 6.30. The van der Waals surface area contributed by atoms with Crippen molar-refractivity contribution in [2.24, 2.45) is 0 Å². The van der Waals surface area contributed by atoms with Crippen LogP contribution in [0.3, 0.4) is 0 Å². The van der Waals surface area contributed by atoms with Crippen molar-refractivity contribution in [3.8, 4) is 5.75 Å². The van der Waals surface area contributed by atoms with Crippen LogP contribution in [-0.2, 0) is 6.54 Å². The Bertz CT molecular complexity index is 832. The molecular formula is C15H12ClN3O2. The van der Waals surface area contributed by atoms with Crippen molar-refractivity contribution in [1.29, 1.82) is 0 Å². The van der Waals surface area contributed by atoms with Gasteiger partial charge in [0.05, 0.1) is 11.9 Å². The van der Waals surface area contributed by atoms with Gasteiger partial charge in [0.15, 0.2) is 0 Å². The quantitative estimate of drug-likeness (QED) is 0.743. The molecule has 0 atom stereocenters. The van der Waals surface area contributed by atoms with E-state index in [4.69, 9.17) is 16.3 Å². The Morgan fingerprint density at radius 3 is 2.86 bits per heavy atom. The SMILES string of the molecule is O=c1c2ccccc2nnn1CCOc1cccc(Cl)c1. The topological polar surface area (TPSA) is 57.0 Å². The van der Waals surface area contributed by atoms with Gasteiger partial charge in [-0.1, -0.05) is 35.0 Å². The molecule has 0 saturated heterocycles. The van der Waals surface area contributed by atoms with E-state index in [9.17, 15) is 4.79 Å². The van der Waals surface area contributed by atoms with E-state index in [0.717, 1.165) is 0 Å². The number of benzene rings is 2. The molecule has 0 radical (unpaired) electrons. The number of hydrogen-bond donors (Lipinski definition) is 0. The zero-order valence-corrected chi connectivity index (χ0v) is 11.8. The first-order chi connectivity index (χ1) is 10.2. The van der Waals surface area contributed by atoms with Gasteiger partial charge in [-0.05, 0) is 30.3 Å². The molecule has 5 nitrogen and oxygen atoms in total. The molecule has 3 aromatic rings. The van der Waals surface area contributed by atoms with Gasteiger partial charge in [0.1, 0.15) is 17.9 Å². The second kappa shape index (κ2) is 5.93. The lowest BCUT2D eigenvalue weighted by molar-refractivity contribution is 0.285. The molecule has 1 aromatic heterocycles. The molecule has 0 unspecified atom stereocenters. The molecule has 6 heteroatoms. The Morgan fingerprint density at radius 2 is 2.00 bits per heavy atom. The number of ether oxygens (including phenoxy) is 1. The molecule has 0 N–H and O–H groups in total. The van der Waals surface area contributed by atoms with Gasteiger partial charge in [-0.15, -0.1) is 5.10 Å². The van der Waals surface area contributed by atoms with E-state index in [2.05, 4.69) is 10.3 Å². The fraction of sp³-hybridized carbons (Fsp3) is 0.133. The van der Waals surface area contributed by atoms with Crippen LogP contribution in [0.25, 0.3) is 10.9 Å². The lowest BCUT2D eigenvalue weighted by Crippen LogP contribution is -2.26. The van der Waals surface area contributed by atoms with Crippen LogP contribution in [0, 0.1) is 0 Å². The van der Waals surface area contributed by atoms with Gasteiger partial charge in [-0.25, -0.2) is 4.68 Å². The number of rotatable bonds is 4. The number of fused-ring (bicyclic) bond motifs is 1. The van der Waals surface area contributed by atoms with E-state index >= 15 is 0 Å². The van der Waals surface area contributed by atoms with Gasteiger partial charge >= 0.3 is 0 Å². The largest absolute Gasteiger partial charge is 0.492 e. The average Bonchev–Trinajstić information content (AvgIpc) is 2.50. The summed E-state index contributed by atoms with van der Waals surface area (Å²) in [5, 5.41) is 9.08. The lowest BCUT2D eigenvalue weighted by atomic mass is 10.2. The third-order valence-electron chi connectivity index (χ3n) is 3.00. The van der Waals surface area contributed by atoms with Crippen LogP contribution in [0.5, 0.6) is 5.75 Å². The van der Waals surface area contributed by atoms with Crippen LogP contribution in [0.15, 0.2) is 53.3 Å². The molecular weight excluding hydrogens is 290 g/mol. The maximum absolute atomic E-state index is 12.2. The van der Waals surface area contributed by atoms with Crippen LogP contribution in [-0.4, -0.2) is 21.6 Å². The molecule has 0 aliphatic heterocycles. The van der Waals surface area contributed by atoms with Gasteiger partial charge in [0, 0.05) is 5.02 Å². The highest BCUT2D eigenvalue weighted by Gasteiger charge is 2.04. The minimum atomic E-state index is -0.171. The fourth-order valence-corrected chi connectivity index (χ4v) is 2.16. The fourth-order valence-electron chi connectivity index (χ4n) is 1.98. The van der Waals surface area contributed by atoms with Gasteiger partial charge in [0.2, 0.25) is 0 Å². The van der Waals surface area contributed by atoms with Crippen LogP contribution >= 0.6 is 11.6 Å². The minimum Gasteiger partial charge on any atom is -0.492 e. The third-order valence-corrected chi connectivity index (χ3v) is 3.23. The monoisotopic (exact) mass is 301 g/mol. The third kappa shape index (κ3) is 3.03. The normalized spacial score (nSPS) is 10.7. The van der Waals surface area contributed by atoms with Crippen molar-refractivity contribution in [3.05, 3.63) is 63.9 Å². The van der Waals surface area contributed by atoms with Gasteiger partial charge in [-0.3, -0.25) is 4.79 Å². The first-order valence-electron chi connectivity index (χ1n) is 6.45. The molecule has 0 spiro atoms. The minimum absolute atomic E-state index is 0.171. The molecule has 0 amide bonds. The highest BCUT2D eigenvalue weighted by Crippen LogP contribution is 2.16. The summed E-state index contributed by atoms with van der Waals surface area (Å²) in [7, 11) is 0. The maximum atomic E-state index is 12.2. The number of aromatic nitrogens is 3. The summed E-state index contributed by atoms with van der Waals surface area (Å²) in [6, 6.07) is 14.2. The maximum Gasteiger partial charge on any atom is 0.277 e. The average molecular weight is 302 g/mol. The smallest absolute Gasteiger partial charge is 0.277 e. The summed E-state index contributed by atoms with van der Waals surface area (Å²) in [5.41, 5.74) is 0.421. The molecule has 0 fully saturated rings. The Labute approximate surface area is 125 Å². The first-order valence-corrected chi connectivity index (χ1v) is 6.83. The molecule has 0 bridgehead atoms. The standard InChI is InChI=1S/C15H12ClN3O2/c16-11-4-3-5-12(10-11)21-9-8-19-15(20)13-6-1-2-7-14(13)17-18-19/h1-7,10H,8-9H2. The summed E-state index contributed by atoms with van der Waals surface area (Å²) in [5.74, 6) is 0.657. The van der Waals surface area contributed by atoms with Gasteiger partial charge < -0.3 is 4.74 Å². The van der Waals surface area contributed by atoms with Crippen LogP contribution < -0.4 is 10.3 Å². The van der Waals surface area contributed by atoms with E-state index < -0.39 is 0 Å². The highest BCUT2D eigenvalue weighted by atomic mass is 35.5. The first kappa shape index (κ1) is 13.6. The van der Waals surface area contributed by atoms with Gasteiger partial charge in [-0.2, -0.15) is 0 Å². The Morgan fingerprint density at radius 1 is 1.14 bits per heavy atom. The van der Waals surface area contributed by atoms with E-state index in [1.165, 1.54) is 4.68 Å². The molecule has 1 heterocycles. The summed E-state index contributed by atoms with van der Waals surface area (Å²) >= 11 is 5.87. The Balaban J connectivity index is 1.74. The lowest BCUT2D eigenvalue weighted by Gasteiger charge is -2.07. The number of halogens is 1. The molecule has 21 heavy (non-hydrogen) atoms. The predicted molar refractivity (Wildman–Crippen MR) is 80.7 cm³/mol. The molecule has 2 aromatic carbocycles.